The molecule has 2 aliphatic rings. The molecule has 0 unspecified atom stereocenters. The van der Waals surface area contributed by atoms with E-state index in [0.717, 1.165) is 44.0 Å². The monoisotopic (exact) mass is 378 g/mol. The number of hydrogen-bond acceptors (Lipinski definition) is 6. The number of hydrogen-bond donors (Lipinski definition) is 4. The fourth-order valence-corrected chi connectivity index (χ4v) is 2.76. The average Bonchev–Trinajstić information content (AvgIpc) is 2.68. The summed E-state index contributed by atoms with van der Waals surface area (Å²) in [6, 6.07) is 6.94. The van der Waals surface area contributed by atoms with E-state index in [4.69, 9.17) is 4.74 Å². The minimum atomic E-state index is -0.309. The first-order valence-corrected chi connectivity index (χ1v) is 8.74. The zero-order chi connectivity index (χ0) is 18.2. The van der Waals surface area contributed by atoms with E-state index >= 15 is 0 Å². The summed E-state index contributed by atoms with van der Waals surface area (Å²) in [6.45, 7) is 5.88. The first-order chi connectivity index (χ1) is 12.7. The largest absolute Gasteiger partial charge is 0.484 e. The summed E-state index contributed by atoms with van der Waals surface area (Å²) in [5, 5.41) is 12.8. The van der Waals surface area contributed by atoms with Crippen molar-refractivity contribution in [3.63, 3.8) is 0 Å². The van der Waals surface area contributed by atoms with Crippen molar-refractivity contribution in [2.24, 2.45) is 5.10 Å². The maximum atomic E-state index is 11.9. The molecule has 1 aromatic carbocycles. The molecule has 2 aliphatic heterocycles. The number of amides is 3. The quantitative estimate of drug-likeness (QED) is 0.447. The Kier molecular flexibility index (Phi) is 7.99. The van der Waals surface area contributed by atoms with Gasteiger partial charge >= 0.3 is 6.03 Å². The fraction of sp³-hybridized carbons (Fsp3) is 0.471. The molecule has 10 heteroatoms. The predicted octanol–water partition coefficient (Wildman–Crippen LogP) is -1.72. The molecule has 0 bridgehead atoms. The molecule has 0 aromatic heterocycles. The van der Waals surface area contributed by atoms with Crippen molar-refractivity contribution in [1.82, 2.24) is 26.3 Å². The highest BCUT2D eigenvalue weighted by atomic mass is 16.5. The molecule has 10 nitrogen and oxygen atoms in total. The van der Waals surface area contributed by atoms with Crippen LogP contribution in [0.4, 0.5) is 4.79 Å². The van der Waals surface area contributed by atoms with Crippen LogP contribution in [0.2, 0.25) is 0 Å². The third kappa shape index (κ3) is 6.51. The summed E-state index contributed by atoms with van der Waals surface area (Å²) in [5.74, 6) is 0.479. The molecule has 0 saturated carbocycles. The van der Waals surface area contributed by atoms with Crippen LogP contribution in [-0.2, 0) is 4.79 Å². The molecule has 0 atom stereocenters. The number of carbonyl (C=O) groups is 2. The van der Waals surface area contributed by atoms with Crippen molar-refractivity contribution in [3.05, 3.63) is 29.8 Å². The molecule has 1 fully saturated rings. The number of hydrazone groups is 1. The normalized spacial score (nSPS) is 17.0. The lowest BCUT2D eigenvalue weighted by molar-refractivity contribution is -0.123. The summed E-state index contributed by atoms with van der Waals surface area (Å²) >= 11 is 0. The SMILES string of the molecule is O.O=C(COc1ccc(C2=NNC(=O)NC2)cc1)NCCN1CCNCC1. The topological polar surface area (TPSA) is 139 Å². The van der Waals surface area contributed by atoms with Crippen LogP contribution in [0.5, 0.6) is 5.75 Å². The maximum absolute atomic E-state index is 11.9. The standard InChI is InChI=1S/C17H24N6O3.H2O/c24-16(19-7-10-23-8-5-18-6-9-23)12-26-14-3-1-13(2-4-14)15-11-20-17(25)22-21-15;/h1-4,18H,5-12H2,(H,19,24)(H2,20,22,25);1H2. The summed E-state index contributed by atoms with van der Waals surface area (Å²) in [5.41, 5.74) is 3.99. The Bertz CT molecular complexity index is 658. The number of nitrogens with one attached hydrogen (secondary N) is 4. The van der Waals surface area contributed by atoms with Crippen LogP contribution >= 0.6 is 0 Å². The van der Waals surface area contributed by atoms with Crippen molar-refractivity contribution in [2.75, 3.05) is 52.4 Å². The number of nitrogens with zero attached hydrogens (tertiary/aromatic N) is 2. The van der Waals surface area contributed by atoms with E-state index in [9.17, 15) is 9.59 Å². The van der Waals surface area contributed by atoms with Gasteiger partial charge in [-0.1, -0.05) is 0 Å². The van der Waals surface area contributed by atoms with Crippen LogP contribution in [0.15, 0.2) is 29.4 Å². The van der Waals surface area contributed by atoms with Crippen LogP contribution in [0.1, 0.15) is 5.56 Å². The minimum Gasteiger partial charge on any atom is -0.484 e. The van der Waals surface area contributed by atoms with Crippen molar-refractivity contribution < 1.29 is 19.8 Å². The number of rotatable bonds is 7. The second-order valence-electron chi connectivity index (χ2n) is 6.11. The van der Waals surface area contributed by atoms with E-state index in [1.807, 2.05) is 12.1 Å². The van der Waals surface area contributed by atoms with Crippen molar-refractivity contribution in [3.8, 4) is 5.75 Å². The van der Waals surface area contributed by atoms with E-state index in [1.165, 1.54) is 0 Å². The minimum absolute atomic E-state index is 0. The molecular weight excluding hydrogens is 352 g/mol. The molecule has 1 aromatic rings. The summed E-state index contributed by atoms with van der Waals surface area (Å²) in [4.78, 5) is 25.2. The number of carbonyl (C=O) groups excluding carboxylic acids is 2. The maximum Gasteiger partial charge on any atom is 0.335 e. The zero-order valence-electron chi connectivity index (χ0n) is 15.1. The lowest BCUT2D eigenvalue weighted by Gasteiger charge is -2.27. The third-order valence-electron chi connectivity index (χ3n) is 4.23. The second kappa shape index (κ2) is 10.5. The lowest BCUT2D eigenvalue weighted by atomic mass is 10.1. The third-order valence-corrected chi connectivity index (χ3v) is 4.23. The number of piperazine rings is 1. The van der Waals surface area contributed by atoms with Gasteiger partial charge in [0, 0.05) is 39.3 Å². The van der Waals surface area contributed by atoms with Crippen LogP contribution in [0.25, 0.3) is 0 Å². The molecule has 2 heterocycles. The number of ether oxygens (including phenoxy) is 1. The Balaban J connectivity index is 0.00000261. The van der Waals surface area contributed by atoms with Gasteiger partial charge in [0.1, 0.15) is 5.75 Å². The Labute approximate surface area is 157 Å². The van der Waals surface area contributed by atoms with Crippen LogP contribution in [0, 0.1) is 0 Å². The van der Waals surface area contributed by atoms with Crippen LogP contribution in [0.3, 0.4) is 0 Å². The second-order valence-corrected chi connectivity index (χ2v) is 6.11. The van der Waals surface area contributed by atoms with Crippen LogP contribution in [-0.4, -0.2) is 80.4 Å². The van der Waals surface area contributed by atoms with Gasteiger partial charge < -0.3 is 26.2 Å². The first-order valence-electron chi connectivity index (χ1n) is 8.74. The molecule has 6 N–H and O–H groups in total. The molecule has 0 spiro atoms. The van der Waals surface area contributed by atoms with Gasteiger partial charge in [-0.2, -0.15) is 5.10 Å². The Morgan fingerprint density at radius 1 is 1.22 bits per heavy atom. The van der Waals surface area contributed by atoms with Crippen molar-refractivity contribution >= 4 is 17.6 Å². The van der Waals surface area contributed by atoms with Crippen molar-refractivity contribution in [2.45, 2.75) is 0 Å². The lowest BCUT2D eigenvalue weighted by Crippen LogP contribution is -2.46. The van der Waals surface area contributed by atoms with Gasteiger partial charge in [-0.3, -0.25) is 9.69 Å². The Morgan fingerprint density at radius 2 is 1.96 bits per heavy atom. The zero-order valence-corrected chi connectivity index (χ0v) is 15.1. The van der Waals surface area contributed by atoms with Gasteiger partial charge in [-0.05, 0) is 29.8 Å². The Morgan fingerprint density at radius 3 is 2.63 bits per heavy atom. The summed E-state index contributed by atoms with van der Waals surface area (Å²) < 4.78 is 5.51. The van der Waals surface area contributed by atoms with Gasteiger partial charge in [0.05, 0.1) is 12.3 Å². The number of urea groups is 1. The van der Waals surface area contributed by atoms with Crippen LogP contribution < -0.4 is 26.1 Å². The average molecular weight is 378 g/mol. The Hall–Kier alpha value is -2.69. The van der Waals surface area contributed by atoms with Gasteiger partial charge in [-0.15, -0.1) is 0 Å². The molecule has 148 valence electrons. The van der Waals surface area contributed by atoms with Crippen molar-refractivity contribution in [1.29, 1.82) is 0 Å². The first kappa shape index (κ1) is 20.6. The van der Waals surface area contributed by atoms with Gasteiger partial charge in [0.15, 0.2) is 6.61 Å². The number of benzene rings is 1. The molecular formula is C17H26N6O4. The van der Waals surface area contributed by atoms with E-state index < -0.39 is 0 Å². The van der Waals surface area contributed by atoms with E-state index in [1.54, 1.807) is 12.1 Å². The van der Waals surface area contributed by atoms with Gasteiger partial charge in [0.2, 0.25) is 0 Å². The highest BCUT2D eigenvalue weighted by molar-refractivity contribution is 6.05. The van der Waals surface area contributed by atoms with E-state index in [2.05, 4.69) is 31.4 Å². The molecule has 3 rings (SSSR count). The highest BCUT2D eigenvalue weighted by Gasteiger charge is 2.12. The van der Waals surface area contributed by atoms with Gasteiger partial charge in [-0.25, -0.2) is 10.2 Å². The van der Waals surface area contributed by atoms with E-state index in [-0.39, 0.29) is 24.0 Å². The molecule has 1 saturated heterocycles. The highest BCUT2D eigenvalue weighted by Crippen LogP contribution is 2.13. The van der Waals surface area contributed by atoms with E-state index in [0.29, 0.717) is 18.8 Å². The predicted molar refractivity (Wildman–Crippen MR) is 101 cm³/mol. The van der Waals surface area contributed by atoms with Gasteiger partial charge in [0.25, 0.3) is 5.91 Å². The fourth-order valence-electron chi connectivity index (χ4n) is 2.76. The summed E-state index contributed by atoms with van der Waals surface area (Å²) in [7, 11) is 0. The molecule has 3 amide bonds. The molecule has 27 heavy (non-hydrogen) atoms. The molecule has 0 aliphatic carbocycles. The summed E-state index contributed by atoms with van der Waals surface area (Å²) in [6.07, 6.45) is 0. The molecule has 0 radical (unpaired) electrons. The smallest absolute Gasteiger partial charge is 0.335 e.